The molecular weight excluding hydrogens is 270 g/mol. The lowest BCUT2D eigenvalue weighted by molar-refractivity contribution is 0.0508. The summed E-state index contributed by atoms with van der Waals surface area (Å²) in [4.78, 5) is 13.3. The summed E-state index contributed by atoms with van der Waals surface area (Å²) in [5.41, 5.74) is 8.00. The number of anilines is 1. The average Bonchev–Trinajstić information content (AvgIpc) is 2.88. The molecule has 0 aliphatic carbocycles. The zero-order valence-corrected chi connectivity index (χ0v) is 11.7. The van der Waals surface area contributed by atoms with Crippen molar-refractivity contribution >= 4 is 23.4 Å². The molecule has 0 saturated carbocycles. The number of thioether (sulfide) groups is 1. The van der Waals surface area contributed by atoms with Gasteiger partial charge in [0.05, 0.1) is 5.56 Å². The first kappa shape index (κ1) is 13.1. The molecule has 1 unspecified atom stereocenters. The molecule has 0 saturated heterocycles. The summed E-state index contributed by atoms with van der Waals surface area (Å²) in [6, 6.07) is 15.3. The Labute approximate surface area is 122 Å². The number of hydrogen-bond donors (Lipinski definition) is 1. The van der Waals surface area contributed by atoms with Gasteiger partial charge in [-0.15, -0.1) is 11.8 Å². The molecule has 0 fully saturated rings. The second-order valence-electron chi connectivity index (χ2n) is 4.74. The van der Waals surface area contributed by atoms with E-state index in [9.17, 15) is 4.79 Å². The highest BCUT2D eigenvalue weighted by Crippen LogP contribution is 2.36. The molecule has 1 atom stereocenters. The Morgan fingerprint density at radius 1 is 1.20 bits per heavy atom. The van der Waals surface area contributed by atoms with E-state index in [0.717, 1.165) is 6.42 Å². The number of ether oxygens (including phenoxy) is 1. The van der Waals surface area contributed by atoms with Crippen molar-refractivity contribution in [3.8, 4) is 0 Å². The maximum Gasteiger partial charge on any atom is 0.340 e. The van der Waals surface area contributed by atoms with E-state index in [1.807, 2.05) is 12.1 Å². The maximum atomic E-state index is 12.0. The largest absolute Gasteiger partial charge is 0.461 e. The van der Waals surface area contributed by atoms with E-state index in [1.54, 1.807) is 36.0 Å². The summed E-state index contributed by atoms with van der Waals surface area (Å²) in [6.45, 7) is 0.409. The van der Waals surface area contributed by atoms with Gasteiger partial charge < -0.3 is 10.5 Å². The zero-order chi connectivity index (χ0) is 13.9. The van der Waals surface area contributed by atoms with E-state index in [4.69, 9.17) is 10.5 Å². The van der Waals surface area contributed by atoms with Crippen LogP contribution in [0.1, 0.15) is 15.9 Å². The van der Waals surface area contributed by atoms with Gasteiger partial charge in [-0.1, -0.05) is 30.3 Å². The number of fused-ring (bicyclic) bond motifs is 1. The molecule has 1 heterocycles. The smallest absolute Gasteiger partial charge is 0.340 e. The molecular formula is C16H15NO2S. The predicted octanol–water partition coefficient (Wildman–Crippen LogP) is 3.14. The van der Waals surface area contributed by atoms with Gasteiger partial charge in [-0.2, -0.15) is 0 Å². The third kappa shape index (κ3) is 2.65. The van der Waals surface area contributed by atoms with Crippen molar-refractivity contribution < 1.29 is 9.53 Å². The first-order valence-corrected chi connectivity index (χ1v) is 7.38. The molecule has 0 bridgehead atoms. The number of para-hydroxylation sites is 1. The molecule has 1 aliphatic rings. The number of benzene rings is 2. The van der Waals surface area contributed by atoms with Crippen molar-refractivity contribution in [2.24, 2.45) is 0 Å². The van der Waals surface area contributed by atoms with Crippen LogP contribution in [0.15, 0.2) is 53.4 Å². The number of carbonyl (C=O) groups excluding carboxylic acids is 1. The van der Waals surface area contributed by atoms with Gasteiger partial charge >= 0.3 is 5.97 Å². The average molecular weight is 285 g/mol. The number of esters is 1. The van der Waals surface area contributed by atoms with E-state index in [0.29, 0.717) is 23.1 Å². The highest BCUT2D eigenvalue weighted by molar-refractivity contribution is 8.00. The van der Waals surface area contributed by atoms with Crippen molar-refractivity contribution in [2.45, 2.75) is 16.6 Å². The van der Waals surface area contributed by atoms with Crippen LogP contribution in [0.4, 0.5) is 5.69 Å². The van der Waals surface area contributed by atoms with Gasteiger partial charge in [0, 0.05) is 15.8 Å². The number of rotatable bonds is 3. The second-order valence-corrected chi connectivity index (χ2v) is 6.08. The molecule has 4 heteroatoms. The lowest BCUT2D eigenvalue weighted by Crippen LogP contribution is -2.16. The quantitative estimate of drug-likeness (QED) is 0.695. The van der Waals surface area contributed by atoms with Crippen LogP contribution >= 0.6 is 11.8 Å². The van der Waals surface area contributed by atoms with Crippen LogP contribution in [0.5, 0.6) is 0 Å². The van der Waals surface area contributed by atoms with Gasteiger partial charge in [0.2, 0.25) is 0 Å². The van der Waals surface area contributed by atoms with Gasteiger partial charge in [-0.05, 0) is 30.2 Å². The Morgan fingerprint density at radius 3 is 2.75 bits per heavy atom. The minimum Gasteiger partial charge on any atom is -0.461 e. The number of nitrogens with two attached hydrogens (primary N) is 1. The molecule has 1 aliphatic heterocycles. The van der Waals surface area contributed by atoms with Gasteiger partial charge in [-0.25, -0.2) is 4.79 Å². The maximum absolute atomic E-state index is 12.0. The molecule has 0 aromatic heterocycles. The third-order valence-electron chi connectivity index (χ3n) is 3.29. The van der Waals surface area contributed by atoms with Gasteiger partial charge in [0.25, 0.3) is 0 Å². The molecule has 0 spiro atoms. The fourth-order valence-electron chi connectivity index (χ4n) is 2.28. The minimum atomic E-state index is -0.348. The monoisotopic (exact) mass is 285 g/mol. The van der Waals surface area contributed by atoms with Crippen molar-refractivity contribution in [3.05, 3.63) is 59.7 Å². The summed E-state index contributed by atoms with van der Waals surface area (Å²) < 4.78 is 5.38. The Bertz CT molecular complexity index is 617. The summed E-state index contributed by atoms with van der Waals surface area (Å²) in [6.07, 6.45) is 0.943. The van der Waals surface area contributed by atoms with Crippen LogP contribution in [-0.4, -0.2) is 17.8 Å². The zero-order valence-electron chi connectivity index (χ0n) is 10.9. The third-order valence-corrected chi connectivity index (χ3v) is 4.58. The first-order valence-electron chi connectivity index (χ1n) is 6.50. The minimum absolute atomic E-state index is 0.293. The van der Waals surface area contributed by atoms with Crippen molar-refractivity contribution in [1.82, 2.24) is 0 Å². The Hall–Kier alpha value is -1.94. The van der Waals surface area contributed by atoms with Gasteiger partial charge in [0.1, 0.15) is 6.61 Å². The van der Waals surface area contributed by atoms with Crippen LogP contribution in [-0.2, 0) is 11.2 Å². The number of carbonyl (C=O) groups is 1. The van der Waals surface area contributed by atoms with E-state index in [1.165, 1.54) is 10.5 Å². The lowest BCUT2D eigenvalue weighted by Gasteiger charge is -2.10. The number of hydrogen-bond acceptors (Lipinski definition) is 4. The lowest BCUT2D eigenvalue weighted by atomic mass is 10.1. The molecule has 102 valence electrons. The Balaban J connectivity index is 1.59. The van der Waals surface area contributed by atoms with E-state index in [2.05, 4.69) is 12.1 Å². The molecule has 20 heavy (non-hydrogen) atoms. The van der Waals surface area contributed by atoms with Crippen LogP contribution in [0.3, 0.4) is 0 Å². The summed E-state index contributed by atoms with van der Waals surface area (Å²) >= 11 is 1.77. The molecule has 2 N–H and O–H groups in total. The van der Waals surface area contributed by atoms with Crippen molar-refractivity contribution in [1.29, 1.82) is 0 Å². The predicted molar refractivity (Wildman–Crippen MR) is 80.9 cm³/mol. The number of nitrogen functional groups attached to an aromatic ring is 1. The fourth-order valence-corrected chi connectivity index (χ4v) is 3.49. The second kappa shape index (κ2) is 5.59. The van der Waals surface area contributed by atoms with Crippen LogP contribution in [0.25, 0.3) is 0 Å². The summed E-state index contributed by atoms with van der Waals surface area (Å²) in [7, 11) is 0. The van der Waals surface area contributed by atoms with Crippen molar-refractivity contribution in [3.63, 3.8) is 0 Å². The molecule has 2 aromatic carbocycles. The topological polar surface area (TPSA) is 52.3 Å². The molecule has 0 radical (unpaired) electrons. The molecule has 2 aromatic rings. The standard InChI is InChI=1S/C16H15NO2S/c17-14-7-3-2-6-13(14)16(18)19-10-12-9-11-5-1-4-8-15(11)20-12/h1-8,12H,9-10,17H2. The molecule has 0 amide bonds. The molecule has 3 rings (SSSR count). The van der Waals surface area contributed by atoms with Crippen LogP contribution < -0.4 is 5.73 Å². The van der Waals surface area contributed by atoms with Gasteiger partial charge in [-0.3, -0.25) is 0 Å². The van der Waals surface area contributed by atoms with E-state index in [-0.39, 0.29) is 5.97 Å². The van der Waals surface area contributed by atoms with E-state index < -0.39 is 0 Å². The van der Waals surface area contributed by atoms with Crippen LogP contribution in [0, 0.1) is 0 Å². The fraction of sp³-hybridized carbons (Fsp3) is 0.188. The highest BCUT2D eigenvalue weighted by atomic mass is 32.2. The van der Waals surface area contributed by atoms with Gasteiger partial charge in [0.15, 0.2) is 0 Å². The summed E-state index contributed by atoms with van der Waals surface area (Å²) in [5, 5.41) is 0.293. The van der Waals surface area contributed by atoms with Crippen LogP contribution in [0.2, 0.25) is 0 Å². The van der Waals surface area contributed by atoms with E-state index >= 15 is 0 Å². The summed E-state index contributed by atoms with van der Waals surface area (Å²) in [5.74, 6) is -0.348. The normalized spacial score (nSPS) is 16.7. The highest BCUT2D eigenvalue weighted by Gasteiger charge is 2.23. The first-order chi connectivity index (χ1) is 9.74. The van der Waals surface area contributed by atoms with Crippen molar-refractivity contribution in [2.75, 3.05) is 12.3 Å². The Morgan fingerprint density at radius 2 is 1.95 bits per heavy atom. The Kier molecular flexibility index (Phi) is 3.65. The molecule has 3 nitrogen and oxygen atoms in total. The SMILES string of the molecule is Nc1ccccc1C(=O)OCC1Cc2ccccc2S1.